The van der Waals surface area contributed by atoms with E-state index in [0.717, 1.165) is 43.4 Å². The summed E-state index contributed by atoms with van der Waals surface area (Å²) in [6, 6.07) is 4.79. The third-order valence-corrected chi connectivity index (χ3v) is 5.31. The number of nitrogens with zero attached hydrogens (tertiary/aromatic N) is 4. The molecule has 0 bridgehead atoms. The van der Waals surface area contributed by atoms with E-state index in [1.54, 1.807) is 18.3 Å². The molecule has 0 spiro atoms. The summed E-state index contributed by atoms with van der Waals surface area (Å²) in [5.74, 6) is 0.895. The molecule has 1 aliphatic carbocycles. The number of fused-ring (bicyclic) bond motifs is 1. The highest BCUT2D eigenvalue weighted by Gasteiger charge is 2.28. The molecule has 2 fully saturated rings. The number of hydrogen-bond acceptors (Lipinski definition) is 5. The van der Waals surface area contributed by atoms with Gasteiger partial charge in [-0.1, -0.05) is 0 Å². The smallest absolute Gasteiger partial charge is 0.270 e. The van der Waals surface area contributed by atoms with Gasteiger partial charge in [0.2, 0.25) is 5.91 Å². The van der Waals surface area contributed by atoms with Gasteiger partial charge in [0, 0.05) is 30.6 Å². The fourth-order valence-electron chi connectivity index (χ4n) is 3.60. The minimum Gasteiger partial charge on any atom is -0.356 e. The van der Waals surface area contributed by atoms with E-state index < -0.39 is 4.92 Å². The predicted octanol–water partition coefficient (Wildman–Crippen LogP) is 2.14. The fourth-order valence-corrected chi connectivity index (χ4v) is 3.60. The van der Waals surface area contributed by atoms with Crippen molar-refractivity contribution < 1.29 is 9.72 Å². The van der Waals surface area contributed by atoms with Crippen LogP contribution in [0.2, 0.25) is 0 Å². The number of aromatic nitrogens is 2. The summed E-state index contributed by atoms with van der Waals surface area (Å²) in [6.07, 6.45) is 6.06. The van der Waals surface area contributed by atoms with Crippen LogP contribution in [0.5, 0.6) is 0 Å². The molecule has 2 aromatic rings. The van der Waals surface area contributed by atoms with Crippen molar-refractivity contribution in [2.75, 3.05) is 19.6 Å². The van der Waals surface area contributed by atoms with Crippen LogP contribution in [-0.2, 0) is 11.5 Å². The van der Waals surface area contributed by atoms with Crippen molar-refractivity contribution in [2.45, 2.75) is 32.4 Å². The lowest BCUT2D eigenvalue weighted by atomic mass is 9.97. The molecule has 8 nitrogen and oxygen atoms in total. The Morgan fingerprint density at radius 3 is 2.96 bits per heavy atom. The van der Waals surface area contributed by atoms with Gasteiger partial charge in [0.15, 0.2) is 0 Å². The number of rotatable bonds is 6. The highest BCUT2D eigenvalue weighted by molar-refractivity contribution is 5.81. The second kappa shape index (κ2) is 7.03. The number of non-ortho nitro benzene ring substituents is 1. The molecule has 1 saturated heterocycles. The number of carbonyl (C=O) groups is 1. The lowest BCUT2D eigenvalue weighted by molar-refractivity contribution is -0.384. The van der Waals surface area contributed by atoms with Crippen molar-refractivity contribution >= 4 is 22.5 Å². The van der Waals surface area contributed by atoms with Gasteiger partial charge in [-0.3, -0.25) is 24.5 Å². The molecule has 2 heterocycles. The van der Waals surface area contributed by atoms with Gasteiger partial charge >= 0.3 is 0 Å². The Kier molecular flexibility index (Phi) is 4.58. The molecule has 1 atom stereocenters. The maximum absolute atomic E-state index is 12.4. The van der Waals surface area contributed by atoms with Crippen LogP contribution in [0.15, 0.2) is 24.4 Å². The summed E-state index contributed by atoms with van der Waals surface area (Å²) in [4.78, 5) is 25.1. The maximum Gasteiger partial charge on any atom is 0.270 e. The van der Waals surface area contributed by atoms with Crippen molar-refractivity contribution in [3.63, 3.8) is 0 Å². The van der Waals surface area contributed by atoms with Crippen LogP contribution in [0.25, 0.3) is 10.9 Å². The molecule has 1 amide bonds. The normalized spacial score (nSPS) is 21.0. The zero-order valence-corrected chi connectivity index (χ0v) is 14.6. The zero-order valence-electron chi connectivity index (χ0n) is 14.6. The number of amides is 1. The molecular weight excluding hydrogens is 334 g/mol. The van der Waals surface area contributed by atoms with Crippen LogP contribution in [0.4, 0.5) is 5.69 Å². The SMILES string of the molecule is O=C(NCC1CC1)C1CCCN(Cn2ncc3cc([N+](=O)[O-])ccc32)C1. The van der Waals surface area contributed by atoms with Gasteiger partial charge in [0.1, 0.15) is 0 Å². The third kappa shape index (κ3) is 3.70. The average Bonchev–Trinajstić information content (AvgIpc) is 3.40. The Bertz CT molecular complexity index is 829. The van der Waals surface area contributed by atoms with Crippen LogP contribution in [-0.4, -0.2) is 45.1 Å². The number of nitrogens with one attached hydrogen (secondary N) is 1. The minimum absolute atomic E-state index is 0.0328. The van der Waals surface area contributed by atoms with Crippen molar-refractivity contribution in [3.05, 3.63) is 34.5 Å². The highest BCUT2D eigenvalue weighted by Crippen LogP contribution is 2.28. The van der Waals surface area contributed by atoms with E-state index in [-0.39, 0.29) is 17.5 Å². The number of benzene rings is 1. The Hall–Kier alpha value is -2.48. The highest BCUT2D eigenvalue weighted by atomic mass is 16.6. The quantitative estimate of drug-likeness (QED) is 0.631. The molecule has 26 heavy (non-hydrogen) atoms. The molecule has 8 heteroatoms. The van der Waals surface area contributed by atoms with E-state index in [1.807, 2.05) is 4.68 Å². The van der Waals surface area contributed by atoms with Crippen LogP contribution >= 0.6 is 0 Å². The first-order valence-corrected chi connectivity index (χ1v) is 9.20. The minimum atomic E-state index is -0.397. The van der Waals surface area contributed by atoms with Gasteiger partial charge < -0.3 is 5.32 Å². The first-order chi connectivity index (χ1) is 12.6. The summed E-state index contributed by atoms with van der Waals surface area (Å²) in [5, 5.41) is 19.1. The predicted molar refractivity (Wildman–Crippen MR) is 96.4 cm³/mol. The first kappa shape index (κ1) is 17.0. The number of nitro benzene ring substituents is 1. The molecule has 2 aliphatic rings. The van der Waals surface area contributed by atoms with Crippen LogP contribution in [0.3, 0.4) is 0 Å². The van der Waals surface area contributed by atoms with Crippen molar-refractivity contribution in [1.82, 2.24) is 20.0 Å². The Morgan fingerprint density at radius 2 is 2.19 bits per heavy atom. The molecule has 1 unspecified atom stereocenters. The summed E-state index contributed by atoms with van der Waals surface area (Å²) < 4.78 is 1.85. The number of nitro groups is 1. The summed E-state index contributed by atoms with van der Waals surface area (Å²) in [6.45, 7) is 3.07. The number of likely N-dealkylation sites (tertiary alicyclic amines) is 1. The molecule has 1 N–H and O–H groups in total. The van der Waals surface area contributed by atoms with Gasteiger partial charge in [0.25, 0.3) is 5.69 Å². The lowest BCUT2D eigenvalue weighted by Gasteiger charge is -2.31. The van der Waals surface area contributed by atoms with Crippen molar-refractivity contribution in [2.24, 2.45) is 11.8 Å². The van der Waals surface area contributed by atoms with Crippen LogP contribution < -0.4 is 5.32 Å². The second-order valence-corrected chi connectivity index (χ2v) is 7.39. The van der Waals surface area contributed by atoms with Gasteiger partial charge in [-0.25, -0.2) is 0 Å². The van der Waals surface area contributed by atoms with Crippen molar-refractivity contribution in [1.29, 1.82) is 0 Å². The molecule has 1 saturated carbocycles. The molecule has 4 rings (SSSR count). The summed E-state index contributed by atoms with van der Waals surface area (Å²) in [7, 11) is 0. The van der Waals surface area contributed by atoms with E-state index in [9.17, 15) is 14.9 Å². The van der Waals surface area contributed by atoms with Gasteiger partial charge in [-0.15, -0.1) is 0 Å². The van der Waals surface area contributed by atoms with Gasteiger partial charge in [-0.2, -0.15) is 5.10 Å². The Balaban J connectivity index is 1.40. The lowest BCUT2D eigenvalue weighted by Crippen LogP contribution is -2.44. The molecule has 138 valence electrons. The average molecular weight is 357 g/mol. The standard InChI is InChI=1S/C18H23N5O3/c24-18(19-9-13-3-4-13)14-2-1-7-21(11-14)12-22-17-6-5-16(23(25)26)8-15(17)10-20-22/h5-6,8,10,13-14H,1-4,7,9,11-12H2,(H,19,24). The molecule has 0 radical (unpaired) electrons. The van der Waals surface area contributed by atoms with E-state index in [0.29, 0.717) is 12.6 Å². The number of hydrogen-bond donors (Lipinski definition) is 1. The molecule has 1 aliphatic heterocycles. The second-order valence-electron chi connectivity index (χ2n) is 7.39. The fraction of sp³-hybridized carbons (Fsp3) is 0.556. The Labute approximate surface area is 151 Å². The maximum atomic E-state index is 12.4. The van der Waals surface area contributed by atoms with Gasteiger partial charge in [-0.05, 0) is 44.2 Å². The van der Waals surface area contributed by atoms with E-state index >= 15 is 0 Å². The van der Waals surface area contributed by atoms with Crippen LogP contribution in [0, 0.1) is 22.0 Å². The topological polar surface area (TPSA) is 93.3 Å². The van der Waals surface area contributed by atoms with E-state index in [2.05, 4.69) is 15.3 Å². The third-order valence-electron chi connectivity index (χ3n) is 5.31. The molecule has 1 aromatic carbocycles. The molecular formula is C18H23N5O3. The number of piperidine rings is 1. The molecule has 1 aromatic heterocycles. The zero-order chi connectivity index (χ0) is 18.1. The monoisotopic (exact) mass is 357 g/mol. The van der Waals surface area contributed by atoms with E-state index in [4.69, 9.17) is 0 Å². The summed E-state index contributed by atoms with van der Waals surface area (Å²) >= 11 is 0. The van der Waals surface area contributed by atoms with Gasteiger partial charge in [0.05, 0.1) is 29.2 Å². The number of carbonyl (C=O) groups excluding carboxylic acids is 1. The summed E-state index contributed by atoms with van der Waals surface area (Å²) in [5.41, 5.74) is 0.943. The van der Waals surface area contributed by atoms with Crippen molar-refractivity contribution in [3.8, 4) is 0 Å². The van der Waals surface area contributed by atoms with Crippen LogP contribution in [0.1, 0.15) is 25.7 Å². The van der Waals surface area contributed by atoms with E-state index in [1.165, 1.54) is 18.9 Å². The Morgan fingerprint density at radius 1 is 1.35 bits per heavy atom. The first-order valence-electron chi connectivity index (χ1n) is 9.20. The largest absolute Gasteiger partial charge is 0.356 e.